The molecule has 148 valence electrons. The fraction of sp³-hybridized carbons (Fsp3) is 0.200. The molecule has 6 nitrogen and oxygen atoms in total. The SMILES string of the molecule is O=C(Cc1ccc(Cl)cc1)Nc1nnc(C2CC(=O)N(c3ccc(Cl)cc3)C2)s1. The van der Waals surface area contributed by atoms with Gasteiger partial charge in [0.1, 0.15) is 5.01 Å². The van der Waals surface area contributed by atoms with Crippen molar-refractivity contribution < 1.29 is 9.59 Å². The summed E-state index contributed by atoms with van der Waals surface area (Å²) in [6.07, 6.45) is 0.578. The Labute approximate surface area is 181 Å². The van der Waals surface area contributed by atoms with Crippen molar-refractivity contribution in [2.24, 2.45) is 0 Å². The van der Waals surface area contributed by atoms with Crippen molar-refractivity contribution in [3.8, 4) is 0 Å². The first-order valence-electron chi connectivity index (χ1n) is 8.91. The molecule has 4 rings (SSSR count). The molecule has 0 aliphatic carbocycles. The molecule has 2 aromatic carbocycles. The number of nitrogens with zero attached hydrogens (tertiary/aromatic N) is 3. The summed E-state index contributed by atoms with van der Waals surface area (Å²) in [5.41, 5.74) is 1.67. The Kier molecular flexibility index (Phi) is 5.80. The molecule has 0 bridgehead atoms. The van der Waals surface area contributed by atoms with Crippen LogP contribution < -0.4 is 10.2 Å². The average molecular weight is 447 g/mol. The summed E-state index contributed by atoms with van der Waals surface area (Å²) in [6.45, 7) is 0.522. The van der Waals surface area contributed by atoms with Crippen LogP contribution in [-0.4, -0.2) is 28.6 Å². The summed E-state index contributed by atoms with van der Waals surface area (Å²) in [4.78, 5) is 26.4. The molecule has 1 fully saturated rings. The van der Waals surface area contributed by atoms with Gasteiger partial charge in [0, 0.05) is 34.6 Å². The molecule has 29 heavy (non-hydrogen) atoms. The lowest BCUT2D eigenvalue weighted by molar-refractivity contribution is -0.117. The Morgan fingerprint density at radius 3 is 2.41 bits per heavy atom. The number of benzene rings is 2. The highest BCUT2D eigenvalue weighted by molar-refractivity contribution is 7.15. The maximum atomic E-state index is 12.4. The second-order valence-corrected chi connectivity index (χ2v) is 8.56. The lowest BCUT2D eigenvalue weighted by Crippen LogP contribution is -2.24. The summed E-state index contributed by atoms with van der Waals surface area (Å²) in [5, 5.41) is 13.4. The van der Waals surface area contributed by atoms with Gasteiger partial charge in [0.05, 0.1) is 6.42 Å². The predicted molar refractivity (Wildman–Crippen MR) is 115 cm³/mol. The molecule has 1 atom stereocenters. The summed E-state index contributed by atoms with van der Waals surface area (Å²) < 4.78 is 0. The van der Waals surface area contributed by atoms with E-state index in [1.165, 1.54) is 11.3 Å². The Morgan fingerprint density at radius 1 is 1.07 bits per heavy atom. The van der Waals surface area contributed by atoms with Crippen LogP contribution in [0.15, 0.2) is 48.5 Å². The van der Waals surface area contributed by atoms with E-state index in [0.717, 1.165) is 16.3 Å². The first-order valence-corrected chi connectivity index (χ1v) is 10.5. The molecule has 2 amide bonds. The lowest BCUT2D eigenvalue weighted by atomic mass is 10.1. The minimum absolute atomic E-state index is 0.0286. The van der Waals surface area contributed by atoms with Gasteiger partial charge in [-0.15, -0.1) is 10.2 Å². The van der Waals surface area contributed by atoms with Gasteiger partial charge < -0.3 is 10.2 Å². The van der Waals surface area contributed by atoms with Gasteiger partial charge in [-0.05, 0) is 42.0 Å². The molecule has 1 N–H and O–H groups in total. The molecule has 1 aliphatic heterocycles. The van der Waals surface area contributed by atoms with Crippen LogP contribution >= 0.6 is 34.5 Å². The molecule has 2 heterocycles. The van der Waals surface area contributed by atoms with Crippen LogP contribution in [0.5, 0.6) is 0 Å². The fourth-order valence-electron chi connectivity index (χ4n) is 3.14. The Balaban J connectivity index is 1.38. The summed E-state index contributed by atoms with van der Waals surface area (Å²) in [5.74, 6) is -0.209. The Bertz CT molecular complexity index is 1040. The third-order valence-electron chi connectivity index (χ3n) is 4.58. The molecule has 0 radical (unpaired) electrons. The van der Waals surface area contributed by atoms with Crippen LogP contribution in [0.1, 0.15) is 22.9 Å². The smallest absolute Gasteiger partial charge is 0.230 e. The second kappa shape index (κ2) is 8.49. The van der Waals surface area contributed by atoms with E-state index < -0.39 is 0 Å². The van der Waals surface area contributed by atoms with Crippen molar-refractivity contribution >= 4 is 57.2 Å². The van der Waals surface area contributed by atoms with Crippen LogP contribution in [0.25, 0.3) is 0 Å². The van der Waals surface area contributed by atoms with Gasteiger partial charge in [-0.3, -0.25) is 9.59 Å². The van der Waals surface area contributed by atoms with Gasteiger partial charge in [-0.1, -0.05) is 46.7 Å². The number of nitrogens with one attached hydrogen (secondary N) is 1. The molecule has 1 saturated heterocycles. The summed E-state index contributed by atoms with van der Waals surface area (Å²) in [7, 11) is 0. The van der Waals surface area contributed by atoms with Gasteiger partial charge >= 0.3 is 0 Å². The second-order valence-electron chi connectivity index (χ2n) is 6.68. The quantitative estimate of drug-likeness (QED) is 0.623. The van der Waals surface area contributed by atoms with Crippen molar-refractivity contribution in [1.29, 1.82) is 0 Å². The average Bonchev–Trinajstić information content (AvgIpc) is 3.31. The highest BCUT2D eigenvalue weighted by Crippen LogP contribution is 2.34. The van der Waals surface area contributed by atoms with Crippen LogP contribution in [-0.2, 0) is 16.0 Å². The maximum absolute atomic E-state index is 12.4. The van der Waals surface area contributed by atoms with Gasteiger partial charge in [0.25, 0.3) is 0 Å². The number of amides is 2. The van der Waals surface area contributed by atoms with Crippen molar-refractivity contribution in [3.05, 3.63) is 69.1 Å². The zero-order valence-corrected chi connectivity index (χ0v) is 17.5. The standard InChI is InChI=1S/C20H16Cl2N4O2S/c21-14-3-1-12(2-4-14)9-17(27)23-20-25-24-19(29-20)13-10-18(28)26(11-13)16-7-5-15(22)6-8-16/h1-8,13H,9-11H2,(H,23,25,27). The van der Waals surface area contributed by atoms with E-state index in [9.17, 15) is 9.59 Å². The van der Waals surface area contributed by atoms with E-state index in [-0.39, 0.29) is 24.2 Å². The highest BCUT2D eigenvalue weighted by atomic mass is 35.5. The van der Waals surface area contributed by atoms with Gasteiger partial charge in [-0.2, -0.15) is 0 Å². The monoisotopic (exact) mass is 446 g/mol. The first-order chi connectivity index (χ1) is 14.0. The number of halogens is 2. The predicted octanol–water partition coefficient (Wildman–Crippen LogP) is 4.55. The van der Waals surface area contributed by atoms with E-state index in [0.29, 0.717) is 28.1 Å². The third kappa shape index (κ3) is 4.75. The Morgan fingerprint density at radius 2 is 1.72 bits per heavy atom. The van der Waals surface area contributed by atoms with E-state index in [1.807, 2.05) is 24.3 Å². The zero-order valence-electron chi connectivity index (χ0n) is 15.1. The van der Waals surface area contributed by atoms with Crippen molar-refractivity contribution in [3.63, 3.8) is 0 Å². The number of anilines is 2. The molecular formula is C20H16Cl2N4O2S. The summed E-state index contributed by atoms with van der Waals surface area (Å²) in [6, 6.07) is 14.3. The lowest BCUT2D eigenvalue weighted by Gasteiger charge is -2.16. The number of aromatic nitrogens is 2. The van der Waals surface area contributed by atoms with Crippen LogP contribution in [0.4, 0.5) is 10.8 Å². The molecule has 1 aromatic heterocycles. The number of rotatable bonds is 5. The van der Waals surface area contributed by atoms with E-state index in [1.54, 1.807) is 29.2 Å². The molecular weight excluding hydrogens is 431 g/mol. The third-order valence-corrected chi connectivity index (χ3v) is 6.08. The fourth-order valence-corrected chi connectivity index (χ4v) is 4.25. The van der Waals surface area contributed by atoms with Gasteiger partial charge in [0.2, 0.25) is 16.9 Å². The highest BCUT2D eigenvalue weighted by Gasteiger charge is 2.34. The van der Waals surface area contributed by atoms with E-state index >= 15 is 0 Å². The van der Waals surface area contributed by atoms with E-state index in [4.69, 9.17) is 23.2 Å². The topological polar surface area (TPSA) is 75.2 Å². The number of carbonyl (C=O) groups is 2. The molecule has 1 unspecified atom stereocenters. The van der Waals surface area contributed by atoms with Crippen molar-refractivity contribution in [2.75, 3.05) is 16.8 Å². The normalized spacial score (nSPS) is 16.3. The van der Waals surface area contributed by atoms with Crippen molar-refractivity contribution in [2.45, 2.75) is 18.8 Å². The van der Waals surface area contributed by atoms with Crippen LogP contribution in [0.2, 0.25) is 10.0 Å². The van der Waals surface area contributed by atoms with E-state index in [2.05, 4.69) is 15.5 Å². The maximum Gasteiger partial charge on any atom is 0.230 e. The number of hydrogen-bond acceptors (Lipinski definition) is 5. The van der Waals surface area contributed by atoms with Gasteiger partial charge in [0.15, 0.2) is 0 Å². The largest absolute Gasteiger partial charge is 0.312 e. The zero-order chi connectivity index (χ0) is 20.4. The molecule has 3 aromatic rings. The minimum Gasteiger partial charge on any atom is -0.312 e. The molecule has 9 heteroatoms. The summed E-state index contributed by atoms with van der Waals surface area (Å²) >= 11 is 13.1. The Hall–Kier alpha value is -2.48. The minimum atomic E-state index is -0.180. The molecule has 1 aliphatic rings. The molecule has 0 spiro atoms. The van der Waals surface area contributed by atoms with Crippen molar-refractivity contribution in [1.82, 2.24) is 10.2 Å². The number of hydrogen-bond donors (Lipinski definition) is 1. The van der Waals surface area contributed by atoms with Crippen LogP contribution in [0.3, 0.4) is 0 Å². The van der Waals surface area contributed by atoms with Crippen LogP contribution in [0, 0.1) is 0 Å². The first kappa shape index (κ1) is 19.8. The number of carbonyl (C=O) groups excluding carboxylic acids is 2. The molecule has 0 saturated carbocycles. The van der Waals surface area contributed by atoms with Gasteiger partial charge in [-0.25, -0.2) is 0 Å².